The van der Waals surface area contributed by atoms with Gasteiger partial charge in [-0.3, -0.25) is 0 Å². The Bertz CT molecular complexity index is 456. The third-order valence-corrected chi connectivity index (χ3v) is 3.38. The zero-order chi connectivity index (χ0) is 16.0. The van der Waals surface area contributed by atoms with E-state index in [-0.39, 0.29) is 12.0 Å². The van der Waals surface area contributed by atoms with Crippen molar-refractivity contribution < 1.29 is 5.11 Å². The molecule has 0 radical (unpaired) electrons. The van der Waals surface area contributed by atoms with E-state index in [1.54, 1.807) is 0 Å². The summed E-state index contributed by atoms with van der Waals surface area (Å²) in [6.07, 6.45) is 2.15. The van der Waals surface area contributed by atoms with E-state index in [2.05, 4.69) is 43.0 Å². The first kappa shape index (κ1) is 17.7. The Morgan fingerprint density at radius 1 is 1.24 bits per heavy atom. The second-order valence-corrected chi connectivity index (χ2v) is 6.30. The number of aromatic nitrogens is 2. The summed E-state index contributed by atoms with van der Waals surface area (Å²) in [5, 5.41) is 9.32. The lowest BCUT2D eigenvalue weighted by atomic mass is 9.95. The lowest BCUT2D eigenvalue weighted by Gasteiger charge is -2.27. The molecule has 0 atom stereocenters. The summed E-state index contributed by atoms with van der Waals surface area (Å²) in [7, 11) is 0. The fraction of sp³-hybridized carbons (Fsp3) is 0.733. The van der Waals surface area contributed by atoms with Crippen LogP contribution in [-0.2, 0) is 5.41 Å². The molecule has 0 saturated heterocycles. The molecule has 4 N–H and O–H groups in total. The van der Waals surface area contributed by atoms with Gasteiger partial charge in [-0.1, -0.05) is 34.1 Å². The van der Waals surface area contributed by atoms with Gasteiger partial charge in [0.15, 0.2) is 0 Å². The number of nitrogens with zero attached hydrogens (tertiary/aromatic N) is 3. The van der Waals surface area contributed by atoms with E-state index < -0.39 is 0 Å². The Kier molecular flexibility index (Phi) is 6.36. The largest absolute Gasteiger partial charge is 0.395 e. The molecular weight excluding hydrogens is 266 g/mol. The standard InChI is InChI=1S/C15H29N5O/c1-6-7-8-20(9-10-21)13-11(2)12(19-16)17-14(18-13)15(3,4)5/h21H,6-10,16H2,1-5H3,(H,17,18,19). The van der Waals surface area contributed by atoms with Crippen molar-refractivity contribution in [3.8, 4) is 0 Å². The van der Waals surface area contributed by atoms with Crippen molar-refractivity contribution in [3.05, 3.63) is 11.4 Å². The second kappa shape index (κ2) is 7.56. The van der Waals surface area contributed by atoms with Crippen LogP contribution in [0, 0.1) is 6.92 Å². The van der Waals surface area contributed by atoms with Crippen molar-refractivity contribution in [2.24, 2.45) is 5.84 Å². The van der Waals surface area contributed by atoms with Crippen LogP contribution >= 0.6 is 0 Å². The number of hydrogen-bond acceptors (Lipinski definition) is 6. The minimum atomic E-state index is -0.163. The molecule has 0 saturated carbocycles. The van der Waals surface area contributed by atoms with Gasteiger partial charge < -0.3 is 15.4 Å². The maximum absolute atomic E-state index is 9.32. The van der Waals surface area contributed by atoms with Crippen LogP contribution < -0.4 is 16.2 Å². The highest BCUT2D eigenvalue weighted by molar-refractivity contribution is 5.58. The number of unbranched alkanes of at least 4 members (excludes halogenated alkanes) is 1. The lowest BCUT2D eigenvalue weighted by Crippen LogP contribution is -2.31. The first-order chi connectivity index (χ1) is 9.85. The average Bonchev–Trinajstić information content (AvgIpc) is 2.42. The first-order valence-electron chi connectivity index (χ1n) is 7.56. The number of nitrogens with two attached hydrogens (primary N) is 1. The Morgan fingerprint density at radius 2 is 1.90 bits per heavy atom. The molecule has 0 aliphatic carbocycles. The minimum absolute atomic E-state index is 0.101. The van der Waals surface area contributed by atoms with Gasteiger partial charge in [0.25, 0.3) is 0 Å². The predicted molar refractivity (Wildman–Crippen MR) is 87.5 cm³/mol. The van der Waals surface area contributed by atoms with Gasteiger partial charge in [0, 0.05) is 24.1 Å². The summed E-state index contributed by atoms with van der Waals surface area (Å²) in [4.78, 5) is 11.3. The van der Waals surface area contributed by atoms with Crippen molar-refractivity contribution >= 4 is 11.6 Å². The molecule has 6 heteroatoms. The van der Waals surface area contributed by atoms with Gasteiger partial charge in [-0.2, -0.15) is 0 Å². The van der Waals surface area contributed by atoms with Crippen LogP contribution in [0.15, 0.2) is 0 Å². The van der Waals surface area contributed by atoms with Gasteiger partial charge in [0.1, 0.15) is 17.5 Å². The molecule has 120 valence electrons. The molecule has 0 unspecified atom stereocenters. The second-order valence-electron chi connectivity index (χ2n) is 6.30. The maximum atomic E-state index is 9.32. The average molecular weight is 295 g/mol. The summed E-state index contributed by atoms with van der Waals surface area (Å²) in [6, 6.07) is 0. The van der Waals surface area contributed by atoms with Crippen molar-refractivity contribution in [2.45, 2.75) is 52.9 Å². The first-order valence-corrected chi connectivity index (χ1v) is 7.56. The third-order valence-electron chi connectivity index (χ3n) is 3.38. The van der Waals surface area contributed by atoms with Crippen LogP contribution in [0.4, 0.5) is 11.6 Å². The molecule has 0 aliphatic heterocycles. The number of nitrogen functional groups attached to an aromatic ring is 1. The molecule has 1 rings (SSSR count). The van der Waals surface area contributed by atoms with Crippen LogP contribution in [0.25, 0.3) is 0 Å². The zero-order valence-corrected chi connectivity index (χ0v) is 13.9. The van der Waals surface area contributed by atoms with Gasteiger partial charge >= 0.3 is 0 Å². The molecule has 6 nitrogen and oxygen atoms in total. The summed E-state index contributed by atoms with van der Waals surface area (Å²) in [5.74, 6) is 7.84. The number of aliphatic hydroxyl groups is 1. The molecule has 1 heterocycles. The molecule has 0 bridgehead atoms. The molecular formula is C15H29N5O. The SMILES string of the molecule is CCCCN(CCO)c1nc(C(C)(C)C)nc(NN)c1C. The highest BCUT2D eigenvalue weighted by Crippen LogP contribution is 2.28. The van der Waals surface area contributed by atoms with Crippen molar-refractivity contribution in [3.63, 3.8) is 0 Å². The summed E-state index contributed by atoms with van der Waals surface area (Å²) in [6.45, 7) is 11.8. The van der Waals surface area contributed by atoms with Crippen LogP contribution in [-0.4, -0.2) is 34.8 Å². The topological polar surface area (TPSA) is 87.3 Å². The molecule has 21 heavy (non-hydrogen) atoms. The third kappa shape index (κ3) is 4.54. The Hall–Kier alpha value is -1.40. The molecule has 0 spiro atoms. The predicted octanol–water partition coefficient (Wildman–Crippen LogP) is 1.97. The summed E-state index contributed by atoms with van der Waals surface area (Å²) in [5.41, 5.74) is 3.41. The van der Waals surface area contributed by atoms with Gasteiger partial charge in [-0.25, -0.2) is 15.8 Å². The highest BCUT2D eigenvalue weighted by Gasteiger charge is 2.23. The van der Waals surface area contributed by atoms with Crippen LogP contribution in [0.5, 0.6) is 0 Å². The minimum Gasteiger partial charge on any atom is -0.395 e. The van der Waals surface area contributed by atoms with E-state index in [4.69, 9.17) is 10.8 Å². The molecule has 1 aromatic rings. The van der Waals surface area contributed by atoms with E-state index >= 15 is 0 Å². The van der Waals surface area contributed by atoms with Crippen LogP contribution in [0.1, 0.15) is 51.9 Å². The Balaban J connectivity index is 3.29. The van der Waals surface area contributed by atoms with Crippen molar-refractivity contribution in [2.75, 3.05) is 30.0 Å². The fourth-order valence-electron chi connectivity index (χ4n) is 2.08. The van der Waals surface area contributed by atoms with E-state index in [9.17, 15) is 5.11 Å². The van der Waals surface area contributed by atoms with Gasteiger partial charge in [-0.15, -0.1) is 0 Å². The van der Waals surface area contributed by atoms with Crippen LogP contribution in [0.2, 0.25) is 0 Å². The monoisotopic (exact) mass is 295 g/mol. The van der Waals surface area contributed by atoms with Crippen molar-refractivity contribution in [1.29, 1.82) is 0 Å². The summed E-state index contributed by atoms with van der Waals surface area (Å²) < 4.78 is 0. The van der Waals surface area contributed by atoms with Crippen LogP contribution in [0.3, 0.4) is 0 Å². The number of anilines is 2. The molecule has 0 aliphatic rings. The number of aliphatic hydroxyl groups excluding tert-OH is 1. The Morgan fingerprint density at radius 3 is 2.38 bits per heavy atom. The van der Waals surface area contributed by atoms with Gasteiger partial charge in [0.2, 0.25) is 0 Å². The van der Waals surface area contributed by atoms with E-state index in [0.717, 1.165) is 36.6 Å². The molecule has 0 amide bonds. The zero-order valence-electron chi connectivity index (χ0n) is 13.9. The smallest absolute Gasteiger partial charge is 0.148 e. The van der Waals surface area contributed by atoms with E-state index in [1.807, 2.05) is 6.92 Å². The van der Waals surface area contributed by atoms with E-state index in [0.29, 0.717) is 12.4 Å². The Labute approximate surface area is 127 Å². The lowest BCUT2D eigenvalue weighted by molar-refractivity contribution is 0.301. The maximum Gasteiger partial charge on any atom is 0.148 e. The highest BCUT2D eigenvalue weighted by atomic mass is 16.3. The molecule has 0 aromatic carbocycles. The quantitative estimate of drug-likeness (QED) is 0.526. The normalized spacial score (nSPS) is 11.6. The molecule has 1 aromatic heterocycles. The van der Waals surface area contributed by atoms with Crippen molar-refractivity contribution in [1.82, 2.24) is 9.97 Å². The number of nitrogens with one attached hydrogen (secondary N) is 1. The van der Waals surface area contributed by atoms with Gasteiger partial charge in [-0.05, 0) is 13.3 Å². The van der Waals surface area contributed by atoms with E-state index in [1.165, 1.54) is 0 Å². The number of hydrogen-bond donors (Lipinski definition) is 3. The molecule has 0 fully saturated rings. The number of rotatable bonds is 7. The number of hydrazine groups is 1. The summed E-state index contributed by atoms with van der Waals surface area (Å²) >= 11 is 0. The van der Waals surface area contributed by atoms with Gasteiger partial charge in [0.05, 0.1) is 6.61 Å². The fourth-order valence-corrected chi connectivity index (χ4v) is 2.08.